The van der Waals surface area contributed by atoms with Gasteiger partial charge in [-0.1, -0.05) is 36.2 Å². The van der Waals surface area contributed by atoms with E-state index in [0.29, 0.717) is 12.0 Å². The third-order valence-corrected chi connectivity index (χ3v) is 7.65. The van der Waals surface area contributed by atoms with E-state index >= 15 is 0 Å². The number of fused-ring (bicyclic) bond motifs is 1. The topological polar surface area (TPSA) is 61.4 Å². The number of benzene rings is 1. The Kier molecular flexibility index (Phi) is 4.61. The molecule has 1 aliphatic carbocycles. The molecule has 2 aliphatic rings. The second-order valence-corrected chi connectivity index (χ2v) is 10.1. The summed E-state index contributed by atoms with van der Waals surface area (Å²) in [6, 6.07) is 6.78. The fourth-order valence-electron chi connectivity index (χ4n) is 4.98. The molecule has 152 valence electrons. The quantitative estimate of drug-likeness (QED) is 0.552. The lowest BCUT2D eigenvalue weighted by Crippen LogP contribution is -2.28. The van der Waals surface area contributed by atoms with E-state index in [-0.39, 0.29) is 5.41 Å². The maximum Gasteiger partial charge on any atom is 0.181 e. The number of hydrogen-bond acceptors (Lipinski definition) is 4. The maximum absolute atomic E-state index is 5.12. The van der Waals surface area contributed by atoms with E-state index in [2.05, 4.69) is 74.3 Å². The Labute approximate surface area is 179 Å². The van der Waals surface area contributed by atoms with Gasteiger partial charge >= 0.3 is 0 Å². The molecular weight excluding hydrogens is 428 g/mol. The molecule has 0 saturated heterocycles. The smallest absolute Gasteiger partial charge is 0.181 e. The van der Waals surface area contributed by atoms with Gasteiger partial charge in [0.15, 0.2) is 5.82 Å². The molecule has 1 aliphatic heterocycles. The zero-order valence-electron chi connectivity index (χ0n) is 17.3. The SMILES string of the molecule is Cc1cc(-c2nc(C3CCc4nncn4C3)n(C3CCCC3(C)C)n2)ccc1Br. The highest BCUT2D eigenvalue weighted by Crippen LogP contribution is 2.47. The van der Waals surface area contributed by atoms with Gasteiger partial charge in [-0.25, -0.2) is 9.67 Å². The molecule has 0 radical (unpaired) electrons. The van der Waals surface area contributed by atoms with Gasteiger partial charge in [-0.15, -0.1) is 10.2 Å². The molecule has 29 heavy (non-hydrogen) atoms. The second kappa shape index (κ2) is 7.04. The highest BCUT2D eigenvalue weighted by Gasteiger charge is 2.39. The standard InChI is InChI=1S/C22H27BrN6/c1-14-11-15(6-8-17(14)23)20-25-21(16-7-9-19-26-24-13-28(19)12-16)29(27-20)18-5-4-10-22(18,2)3/h6,8,11,13,16,18H,4-5,7,9-10,12H2,1-3H3. The number of hydrogen-bond donors (Lipinski definition) is 0. The van der Waals surface area contributed by atoms with Crippen molar-refractivity contribution in [3.05, 3.63) is 46.2 Å². The van der Waals surface area contributed by atoms with Gasteiger partial charge in [-0.2, -0.15) is 5.10 Å². The van der Waals surface area contributed by atoms with Gasteiger partial charge in [-0.05, 0) is 55.4 Å². The number of nitrogens with zero attached hydrogens (tertiary/aromatic N) is 6. The molecule has 3 aromatic rings. The average Bonchev–Trinajstić information content (AvgIpc) is 3.40. The van der Waals surface area contributed by atoms with E-state index in [9.17, 15) is 0 Å². The third kappa shape index (κ3) is 3.33. The molecule has 3 heterocycles. The van der Waals surface area contributed by atoms with Crippen molar-refractivity contribution in [2.75, 3.05) is 0 Å². The van der Waals surface area contributed by atoms with Crippen molar-refractivity contribution >= 4 is 15.9 Å². The molecule has 5 rings (SSSR count). The van der Waals surface area contributed by atoms with Gasteiger partial charge in [0.25, 0.3) is 0 Å². The Morgan fingerprint density at radius 2 is 2.07 bits per heavy atom. The highest BCUT2D eigenvalue weighted by atomic mass is 79.9. The Bertz CT molecular complexity index is 1050. The summed E-state index contributed by atoms with van der Waals surface area (Å²) < 4.78 is 5.57. The van der Waals surface area contributed by atoms with Crippen molar-refractivity contribution < 1.29 is 0 Å². The normalized spacial score (nSPS) is 23.3. The van der Waals surface area contributed by atoms with Gasteiger partial charge in [0, 0.05) is 28.9 Å². The molecular formula is C22H27BrN6. The van der Waals surface area contributed by atoms with Crippen LogP contribution in [0.1, 0.15) is 68.7 Å². The summed E-state index contributed by atoms with van der Waals surface area (Å²) in [6.45, 7) is 7.74. The minimum Gasteiger partial charge on any atom is -0.317 e. The molecule has 1 fully saturated rings. The minimum absolute atomic E-state index is 0.242. The summed E-state index contributed by atoms with van der Waals surface area (Å²) in [5.41, 5.74) is 2.53. The molecule has 2 unspecified atom stereocenters. The van der Waals surface area contributed by atoms with Crippen molar-refractivity contribution in [2.45, 2.75) is 71.4 Å². The van der Waals surface area contributed by atoms with Crippen LogP contribution in [0, 0.1) is 12.3 Å². The molecule has 2 aromatic heterocycles. The predicted octanol–water partition coefficient (Wildman–Crippen LogP) is 5.09. The number of aryl methyl sites for hydroxylation is 2. The van der Waals surface area contributed by atoms with Gasteiger partial charge in [0.05, 0.1) is 6.04 Å². The molecule has 1 saturated carbocycles. The Balaban J connectivity index is 1.58. The van der Waals surface area contributed by atoms with E-state index in [1.165, 1.54) is 24.8 Å². The summed E-state index contributed by atoms with van der Waals surface area (Å²) >= 11 is 3.60. The molecule has 0 spiro atoms. The first-order valence-electron chi connectivity index (χ1n) is 10.5. The van der Waals surface area contributed by atoms with E-state index in [1.54, 1.807) is 0 Å². The third-order valence-electron chi connectivity index (χ3n) is 6.76. The van der Waals surface area contributed by atoms with Crippen LogP contribution in [0.5, 0.6) is 0 Å². The monoisotopic (exact) mass is 454 g/mol. The van der Waals surface area contributed by atoms with Crippen molar-refractivity contribution in [2.24, 2.45) is 5.41 Å². The summed E-state index contributed by atoms with van der Waals surface area (Å²) in [4.78, 5) is 5.12. The van der Waals surface area contributed by atoms with Crippen LogP contribution < -0.4 is 0 Å². The molecule has 0 amide bonds. The van der Waals surface area contributed by atoms with E-state index in [0.717, 1.165) is 46.9 Å². The van der Waals surface area contributed by atoms with Crippen molar-refractivity contribution in [3.8, 4) is 11.4 Å². The summed E-state index contributed by atoms with van der Waals surface area (Å²) in [7, 11) is 0. The van der Waals surface area contributed by atoms with Crippen LogP contribution in [0.2, 0.25) is 0 Å². The van der Waals surface area contributed by atoms with Crippen molar-refractivity contribution in [3.63, 3.8) is 0 Å². The fourth-order valence-corrected chi connectivity index (χ4v) is 5.23. The van der Waals surface area contributed by atoms with Gasteiger partial charge < -0.3 is 4.57 Å². The van der Waals surface area contributed by atoms with Crippen LogP contribution in [0.15, 0.2) is 29.0 Å². The van der Waals surface area contributed by atoms with E-state index < -0.39 is 0 Å². The molecule has 6 nitrogen and oxygen atoms in total. The van der Waals surface area contributed by atoms with Crippen LogP contribution in [0.25, 0.3) is 11.4 Å². The summed E-state index contributed by atoms with van der Waals surface area (Å²) in [5, 5.41) is 13.4. The minimum atomic E-state index is 0.242. The summed E-state index contributed by atoms with van der Waals surface area (Å²) in [6.07, 6.45) is 7.50. The lowest BCUT2D eigenvalue weighted by atomic mass is 9.87. The molecule has 0 N–H and O–H groups in total. The van der Waals surface area contributed by atoms with Gasteiger partial charge in [-0.3, -0.25) is 0 Å². The average molecular weight is 455 g/mol. The first-order chi connectivity index (χ1) is 13.9. The summed E-state index contributed by atoms with van der Waals surface area (Å²) in [5.74, 6) is 3.39. The van der Waals surface area contributed by atoms with Crippen LogP contribution >= 0.6 is 15.9 Å². The first kappa shape index (κ1) is 19.0. The number of rotatable bonds is 3. The van der Waals surface area contributed by atoms with Gasteiger partial charge in [0.1, 0.15) is 18.0 Å². The Hall–Kier alpha value is -2.02. The largest absolute Gasteiger partial charge is 0.317 e. The molecule has 2 atom stereocenters. The predicted molar refractivity (Wildman–Crippen MR) is 116 cm³/mol. The lowest BCUT2D eigenvalue weighted by molar-refractivity contribution is 0.231. The Morgan fingerprint density at radius 1 is 1.21 bits per heavy atom. The van der Waals surface area contributed by atoms with Gasteiger partial charge in [0.2, 0.25) is 0 Å². The molecule has 1 aromatic carbocycles. The van der Waals surface area contributed by atoms with Crippen molar-refractivity contribution in [1.82, 2.24) is 29.5 Å². The van der Waals surface area contributed by atoms with Crippen LogP contribution in [0.3, 0.4) is 0 Å². The Morgan fingerprint density at radius 3 is 2.83 bits per heavy atom. The first-order valence-corrected chi connectivity index (χ1v) is 11.3. The maximum atomic E-state index is 5.12. The fraction of sp³-hybridized carbons (Fsp3) is 0.545. The number of halogens is 1. The zero-order chi connectivity index (χ0) is 20.2. The molecule has 0 bridgehead atoms. The van der Waals surface area contributed by atoms with Crippen molar-refractivity contribution in [1.29, 1.82) is 0 Å². The van der Waals surface area contributed by atoms with Crippen LogP contribution in [-0.2, 0) is 13.0 Å². The highest BCUT2D eigenvalue weighted by molar-refractivity contribution is 9.10. The zero-order valence-corrected chi connectivity index (χ0v) is 18.9. The van der Waals surface area contributed by atoms with E-state index in [1.807, 2.05) is 6.33 Å². The van der Waals surface area contributed by atoms with E-state index in [4.69, 9.17) is 10.1 Å². The van der Waals surface area contributed by atoms with Crippen LogP contribution in [-0.4, -0.2) is 29.5 Å². The second-order valence-electron chi connectivity index (χ2n) is 9.23. The molecule has 7 heteroatoms. The lowest BCUT2D eigenvalue weighted by Gasteiger charge is -2.30. The van der Waals surface area contributed by atoms with Crippen LogP contribution in [0.4, 0.5) is 0 Å². The number of aromatic nitrogens is 6.